The molecule has 3 rings (SSSR count). The predicted octanol–water partition coefficient (Wildman–Crippen LogP) is 3.62. The van der Waals surface area contributed by atoms with E-state index in [2.05, 4.69) is 15.5 Å². The van der Waals surface area contributed by atoms with Crippen molar-refractivity contribution in [2.24, 2.45) is 0 Å². The molecule has 0 bridgehead atoms. The van der Waals surface area contributed by atoms with Gasteiger partial charge in [0, 0.05) is 6.54 Å². The minimum atomic E-state index is -0.432. The third-order valence-electron chi connectivity index (χ3n) is 3.74. The van der Waals surface area contributed by atoms with E-state index < -0.39 is 5.56 Å². The van der Waals surface area contributed by atoms with Crippen LogP contribution in [0.5, 0.6) is 11.5 Å². The highest BCUT2D eigenvalue weighted by atomic mass is 35.5. The molecule has 0 unspecified atom stereocenters. The molecule has 0 saturated carbocycles. The van der Waals surface area contributed by atoms with E-state index in [1.54, 1.807) is 7.11 Å². The molecule has 0 aliphatic carbocycles. The fourth-order valence-corrected chi connectivity index (χ4v) is 2.54. The Morgan fingerprint density at radius 3 is 2.69 bits per heavy atom. The summed E-state index contributed by atoms with van der Waals surface area (Å²) in [6.45, 7) is 0.920. The maximum atomic E-state index is 11.5. The topological polar surface area (TPSA) is 76.2 Å². The normalized spacial score (nSPS) is 10.4. The Hall–Kier alpha value is -2.99. The Bertz CT molecular complexity index is 929. The van der Waals surface area contributed by atoms with Gasteiger partial charge in [-0.3, -0.25) is 4.79 Å². The quantitative estimate of drug-likeness (QED) is 0.663. The van der Waals surface area contributed by atoms with Crippen LogP contribution in [0.15, 0.2) is 59.5 Å². The molecular formula is C19H18ClN3O3. The van der Waals surface area contributed by atoms with Gasteiger partial charge >= 0.3 is 0 Å². The largest absolute Gasteiger partial charge is 0.493 e. The average molecular weight is 372 g/mol. The van der Waals surface area contributed by atoms with Gasteiger partial charge in [0.25, 0.3) is 5.56 Å². The molecule has 2 N–H and O–H groups in total. The molecule has 1 heterocycles. The van der Waals surface area contributed by atoms with E-state index in [0.29, 0.717) is 30.3 Å². The van der Waals surface area contributed by atoms with Crippen molar-refractivity contribution in [3.63, 3.8) is 0 Å². The number of hydrogen-bond acceptors (Lipinski definition) is 5. The Kier molecular flexibility index (Phi) is 5.76. The second kappa shape index (κ2) is 8.40. The zero-order chi connectivity index (χ0) is 18.4. The summed E-state index contributed by atoms with van der Waals surface area (Å²) in [4.78, 5) is 11.5. The minimum absolute atomic E-state index is 0.0785. The molecule has 0 amide bonds. The molecule has 7 heteroatoms. The highest BCUT2D eigenvalue weighted by molar-refractivity contribution is 6.32. The standard InChI is InChI=1S/C19H18ClN3O3/c1-25-17-9-14(10-21-15-11-22-23-19(24)18(15)20)7-8-16(17)26-12-13-5-3-2-4-6-13/h2-9,11H,10,12H2,1H3,(H2,21,23,24). The fourth-order valence-electron chi connectivity index (χ4n) is 2.38. The molecule has 0 atom stereocenters. The van der Waals surface area contributed by atoms with Gasteiger partial charge in [-0.25, -0.2) is 5.10 Å². The SMILES string of the molecule is COc1cc(CNc2cn[nH]c(=O)c2Cl)ccc1OCc1ccccc1. The van der Waals surface area contributed by atoms with Gasteiger partial charge in [0.1, 0.15) is 11.6 Å². The molecule has 6 nitrogen and oxygen atoms in total. The molecule has 0 saturated heterocycles. The molecular weight excluding hydrogens is 354 g/mol. The fraction of sp³-hybridized carbons (Fsp3) is 0.158. The molecule has 0 spiro atoms. The average Bonchev–Trinajstić information content (AvgIpc) is 2.68. The number of methoxy groups -OCH3 is 1. The van der Waals surface area contributed by atoms with E-state index in [4.69, 9.17) is 21.1 Å². The number of nitrogens with zero attached hydrogens (tertiary/aromatic N) is 1. The summed E-state index contributed by atoms with van der Waals surface area (Å²) in [5.74, 6) is 1.30. The lowest BCUT2D eigenvalue weighted by molar-refractivity contribution is 0.284. The van der Waals surface area contributed by atoms with Crippen LogP contribution in [0.25, 0.3) is 0 Å². The molecule has 3 aromatic rings. The highest BCUT2D eigenvalue weighted by Gasteiger charge is 2.08. The number of halogens is 1. The number of hydrogen-bond donors (Lipinski definition) is 2. The lowest BCUT2D eigenvalue weighted by atomic mass is 10.2. The number of aromatic amines is 1. The summed E-state index contributed by atoms with van der Waals surface area (Å²) < 4.78 is 11.3. The lowest BCUT2D eigenvalue weighted by Crippen LogP contribution is -2.11. The van der Waals surface area contributed by atoms with Gasteiger partial charge in [-0.1, -0.05) is 48.0 Å². The van der Waals surface area contributed by atoms with Crippen molar-refractivity contribution < 1.29 is 9.47 Å². The van der Waals surface area contributed by atoms with Gasteiger partial charge < -0.3 is 14.8 Å². The maximum absolute atomic E-state index is 11.5. The van der Waals surface area contributed by atoms with E-state index in [0.717, 1.165) is 11.1 Å². The van der Waals surface area contributed by atoms with Gasteiger partial charge in [0.05, 0.1) is 19.0 Å². The van der Waals surface area contributed by atoms with Crippen molar-refractivity contribution in [3.05, 3.63) is 81.2 Å². The molecule has 0 radical (unpaired) electrons. The van der Waals surface area contributed by atoms with Gasteiger partial charge in [-0.2, -0.15) is 5.10 Å². The molecule has 0 aliphatic heterocycles. The van der Waals surface area contributed by atoms with Gasteiger partial charge in [-0.15, -0.1) is 0 Å². The van der Waals surface area contributed by atoms with Crippen LogP contribution < -0.4 is 20.3 Å². The second-order valence-corrected chi connectivity index (χ2v) is 5.92. The first kappa shape index (κ1) is 17.8. The number of rotatable bonds is 7. The summed E-state index contributed by atoms with van der Waals surface area (Å²) in [5.41, 5.74) is 2.07. The van der Waals surface area contributed by atoms with Gasteiger partial charge in [0.15, 0.2) is 11.5 Å². The number of benzene rings is 2. The van der Waals surface area contributed by atoms with Crippen molar-refractivity contribution >= 4 is 17.3 Å². The van der Waals surface area contributed by atoms with Crippen LogP contribution >= 0.6 is 11.6 Å². The lowest BCUT2D eigenvalue weighted by Gasteiger charge is -2.13. The zero-order valence-corrected chi connectivity index (χ0v) is 14.9. The molecule has 0 fully saturated rings. The molecule has 134 valence electrons. The Morgan fingerprint density at radius 1 is 1.12 bits per heavy atom. The number of nitrogens with one attached hydrogen (secondary N) is 2. The third-order valence-corrected chi connectivity index (χ3v) is 4.12. The van der Waals surface area contributed by atoms with Gasteiger partial charge in [0.2, 0.25) is 0 Å². The van der Waals surface area contributed by atoms with Gasteiger partial charge in [-0.05, 0) is 23.3 Å². The maximum Gasteiger partial charge on any atom is 0.285 e. The molecule has 0 aliphatic rings. The van der Waals surface area contributed by atoms with Crippen molar-refractivity contribution in [1.29, 1.82) is 0 Å². The second-order valence-electron chi connectivity index (χ2n) is 5.54. The van der Waals surface area contributed by atoms with Crippen LogP contribution in [0.4, 0.5) is 5.69 Å². The van der Waals surface area contributed by atoms with Crippen LogP contribution in [-0.4, -0.2) is 17.3 Å². The number of H-pyrrole nitrogens is 1. The smallest absolute Gasteiger partial charge is 0.285 e. The summed E-state index contributed by atoms with van der Waals surface area (Å²) in [7, 11) is 1.60. The van der Waals surface area contributed by atoms with Crippen LogP contribution in [0.1, 0.15) is 11.1 Å². The van der Waals surface area contributed by atoms with Crippen LogP contribution in [0.3, 0.4) is 0 Å². The zero-order valence-electron chi connectivity index (χ0n) is 14.2. The summed E-state index contributed by atoms with van der Waals surface area (Å²) in [6, 6.07) is 15.6. The monoisotopic (exact) mass is 371 g/mol. The molecule has 1 aromatic heterocycles. The summed E-state index contributed by atoms with van der Waals surface area (Å²) >= 11 is 5.95. The predicted molar refractivity (Wildman–Crippen MR) is 101 cm³/mol. The Labute approximate surface area is 155 Å². The summed E-state index contributed by atoms with van der Waals surface area (Å²) in [5, 5.41) is 9.17. The molecule has 2 aromatic carbocycles. The van der Waals surface area contributed by atoms with Crippen LogP contribution in [0, 0.1) is 0 Å². The Morgan fingerprint density at radius 2 is 1.92 bits per heavy atom. The van der Waals surface area contributed by atoms with Crippen molar-refractivity contribution in [2.45, 2.75) is 13.2 Å². The third kappa shape index (κ3) is 4.34. The first-order chi connectivity index (χ1) is 12.7. The molecule has 26 heavy (non-hydrogen) atoms. The Balaban J connectivity index is 1.68. The van der Waals surface area contributed by atoms with Crippen molar-refractivity contribution in [3.8, 4) is 11.5 Å². The van der Waals surface area contributed by atoms with E-state index in [-0.39, 0.29) is 5.02 Å². The van der Waals surface area contributed by atoms with Crippen LogP contribution in [0.2, 0.25) is 5.02 Å². The highest BCUT2D eigenvalue weighted by Crippen LogP contribution is 2.29. The van der Waals surface area contributed by atoms with Crippen molar-refractivity contribution in [1.82, 2.24) is 10.2 Å². The number of aromatic nitrogens is 2. The van der Waals surface area contributed by atoms with Crippen LogP contribution in [-0.2, 0) is 13.2 Å². The van der Waals surface area contributed by atoms with E-state index >= 15 is 0 Å². The van der Waals surface area contributed by atoms with E-state index in [1.165, 1.54) is 6.20 Å². The minimum Gasteiger partial charge on any atom is -0.493 e. The van der Waals surface area contributed by atoms with Crippen molar-refractivity contribution in [2.75, 3.05) is 12.4 Å². The van der Waals surface area contributed by atoms with E-state index in [9.17, 15) is 4.79 Å². The number of anilines is 1. The summed E-state index contributed by atoms with van der Waals surface area (Å²) in [6.07, 6.45) is 1.47. The number of ether oxygens (including phenoxy) is 2. The first-order valence-corrected chi connectivity index (χ1v) is 8.36. The van der Waals surface area contributed by atoms with E-state index in [1.807, 2.05) is 48.5 Å². The first-order valence-electron chi connectivity index (χ1n) is 7.98.